The molecule has 0 aliphatic carbocycles. The van der Waals surface area contributed by atoms with E-state index in [1.807, 2.05) is 0 Å². The summed E-state index contributed by atoms with van der Waals surface area (Å²) in [6, 6.07) is 0. The summed E-state index contributed by atoms with van der Waals surface area (Å²) in [4.78, 5) is 10.4. The summed E-state index contributed by atoms with van der Waals surface area (Å²) in [6.07, 6.45) is 5.60. The van der Waals surface area contributed by atoms with Crippen LogP contribution in [0.25, 0.3) is 0 Å². The summed E-state index contributed by atoms with van der Waals surface area (Å²) >= 11 is 0. The van der Waals surface area contributed by atoms with E-state index in [2.05, 4.69) is 6.92 Å². The Labute approximate surface area is 62.9 Å². The van der Waals surface area contributed by atoms with Crippen molar-refractivity contribution in [3.8, 4) is 0 Å². The highest BCUT2D eigenvalue weighted by Crippen LogP contribution is 2.01. The van der Waals surface area contributed by atoms with E-state index in [1.165, 1.54) is 19.3 Å². The first-order valence-electron chi connectivity index (χ1n) is 3.76. The van der Waals surface area contributed by atoms with E-state index in [0.717, 1.165) is 12.8 Å². The fraction of sp³-hybridized carbons (Fsp3) is 0.875. The monoisotopic (exact) mass is 146 g/mol. The van der Waals surface area contributed by atoms with Gasteiger partial charge in [-0.1, -0.05) is 26.2 Å². The zero-order chi connectivity index (χ0) is 7.11. The third-order valence-corrected chi connectivity index (χ3v) is 1.38. The number of ketones is 1. The Kier molecular flexibility index (Phi) is 10.6. The predicted molar refractivity (Wildman–Crippen MR) is 43.1 cm³/mol. The number of rotatable bonds is 5. The molecule has 62 valence electrons. The van der Waals surface area contributed by atoms with Gasteiger partial charge in [0, 0.05) is 6.42 Å². The zero-order valence-electron chi connectivity index (χ0n) is 6.94. The molecule has 0 saturated carbocycles. The highest BCUT2D eigenvalue weighted by molar-refractivity contribution is 5.75. The third kappa shape index (κ3) is 10.6. The van der Waals surface area contributed by atoms with Crippen LogP contribution in [0.3, 0.4) is 0 Å². The number of carbonyl (C=O) groups is 1. The average molecular weight is 146 g/mol. The predicted octanol–water partition coefficient (Wildman–Crippen LogP) is 1.72. The van der Waals surface area contributed by atoms with E-state index >= 15 is 0 Å². The summed E-state index contributed by atoms with van der Waals surface area (Å²) in [5.74, 6) is 0.325. The van der Waals surface area contributed by atoms with Gasteiger partial charge in [0.1, 0.15) is 5.78 Å². The minimum Gasteiger partial charge on any atom is -0.412 e. The first-order chi connectivity index (χ1) is 4.27. The molecule has 0 unspecified atom stereocenters. The highest BCUT2D eigenvalue weighted by Gasteiger charge is 1.91. The van der Waals surface area contributed by atoms with Crippen molar-refractivity contribution in [3.63, 3.8) is 0 Å². The Morgan fingerprint density at radius 2 is 1.80 bits per heavy atom. The van der Waals surface area contributed by atoms with Crippen LogP contribution in [0.2, 0.25) is 0 Å². The molecule has 0 saturated heterocycles. The van der Waals surface area contributed by atoms with E-state index in [1.54, 1.807) is 6.92 Å². The van der Waals surface area contributed by atoms with Crippen LogP contribution in [0.5, 0.6) is 0 Å². The van der Waals surface area contributed by atoms with Crippen molar-refractivity contribution in [2.75, 3.05) is 0 Å². The second-order valence-electron chi connectivity index (χ2n) is 2.51. The van der Waals surface area contributed by atoms with Gasteiger partial charge in [0.25, 0.3) is 0 Å². The fourth-order valence-electron chi connectivity index (χ4n) is 0.801. The van der Waals surface area contributed by atoms with Crippen LogP contribution in [0.4, 0.5) is 0 Å². The molecule has 0 amide bonds. The van der Waals surface area contributed by atoms with Crippen LogP contribution in [0.1, 0.15) is 46.0 Å². The Hall–Kier alpha value is -0.370. The van der Waals surface area contributed by atoms with E-state index in [9.17, 15) is 4.79 Å². The number of hydrogen-bond donors (Lipinski definition) is 0. The molecule has 0 spiro atoms. The smallest absolute Gasteiger partial charge is 0.129 e. The zero-order valence-corrected chi connectivity index (χ0v) is 6.94. The molecule has 2 nitrogen and oxygen atoms in total. The lowest BCUT2D eigenvalue weighted by Crippen LogP contribution is -1.88. The van der Waals surface area contributed by atoms with E-state index in [-0.39, 0.29) is 5.48 Å². The van der Waals surface area contributed by atoms with Gasteiger partial charge in [-0.25, -0.2) is 0 Å². The van der Waals surface area contributed by atoms with Crippen LogP contribution in [0, 0.1) is 0 Å². The normalized spacial score (nSPS) is 8.60. The van der Waals surface area contributed by atoms with Gasteiger partial charge < -0.3 is 10.3 Å². The molecule has 0 aromatic carbocycles. The van der Waals surface area contributed by atoms with Crippen molar-refractivity contribution in [1.82, 2.24) is 0 Å². The molecule has 0 atom stereocenters. The SMILES string of the molecule is CCCCCCC(C)=O.O. The quantitative estimate of drug-likeness (QED) is 0.545. The van der Waals surface area contributed by atoms with Crippen LogP contribution in [0.15, 0.2) is 0 Å². The Bertz CT molecular complexity index is 79.3. The van der Waals surface area contributed by atoms with Crippen molar-refractivity contribution in [3.05, 3.63) is 0 Å². The van der Waals surface area contributed by atoms with Gasteiger partial charge >= 0.3 is 0 Å². The van der Waals surface area contributed by atoms with Gasteiger partial charge in [-0.2, -0.15) is 0 Å². The highest BCUT2D eigenvalue weighted by atomic mass is 16.1. The first-order valence-corrected chi connectivity index (χ1v) is 3.76. The number of Topliss-reactive ketones (excluding diaryl/α,β-unsaturated/α-hetero) is 1. The molecule has 0 radical (unpaired) electrons. The lowest BCUT2D eigenvalue weighted by atomic mass is 10.1. The standard InChI is InChI=1S/C8H16O.H2O/c1-3-4-5-6-7-8(2)9;/h3-7H2,1-2H3;1H2. The second-order valence-corrected chi connectivity index (χ2v) is 2.51. The van der Waals surface area contributed by atoms with Crippen molar-refractivity contribution in [2.45, 2.75) is 46.0 Å². The Morgan fingerprint density at radius 3 is 2.20 bits per heavy atom. The number of unbranched alkanes of at least 4 members (excludes halogenated alkanes) is 3. The van der Waals surface area contributed by atoms with E-state index in [4.69, 9.17) is 0 Å². The molecule has 0 aliphatic heterocycles. The summed E-state index contributed by atoms with van der Waals surface area (Å²) < 4.78 is 0. The lowest BCUT2D eigenvalue weighted by molar-refractivity contribution is -0.117. The van der Waals surface area contributed by atoms with Crippen molar-refractivity contribution < 1.29 is 10.3 Å². The molecule has 2 N–H and O–H groups in total. The lowest BCUT2D eigenvalue weighted by Gasteiger charge is -1.93. The third-order valence-electron chi connectivity index (χ3n) is 1.38. The molecule has 0 fully saturated rings. The number of hydrogen-bond acceptors (Lipinski definition) is 1. The van der Waals surface area contributed by atoms with Gasteiger partial charge in [0.15, 0.2) is 0 Å². The maximum Gasteiger partial charge on any atom is 0.129 e. The van der Waals surface area contributed by atoms with Gasteiger partial charge in [0.2, 0.25) is 0 Å². The van der Waals surface area contributed by atoms with Crippen molar-refractivity contribution in [2.24, 2.45) is 0 Å². The Morgan fingerprint density at radius 1 is 1.20 bits per heavy atom. The molecule has 10 heavy (non-hydrogen) atoms. The van der Waals surface area contributed by atoms with Gasteiger partial charge in [-0.15, -0.1) is 0 Å². The first kappa shape index (κ1) is 12.3. The van der Waals surface area contributed by atoms with E-state index in [0.29, 0.717) is 5.78 Å². The van der Waals surface area contributed by atoms with Crippen LogP contribution < -0.4 is 0 Å². The Balaban J connectivity index is 0. The maximum absolute atomic E-state index is 10.4. The molecule has 0 bridgehead atoms. The molecule has 0 rings (SSSR count). The molecule has 0 aromatic rings. The largest absolute Gasteiger partial charge is 0.412 e. The molecular formula is C8H18O2. The number of carbonyl (C=O) groups excluding carboxylic acids is 1. The van der Waals surface area contributed by atoms with Gasteiger partial charge in [0.05, 0.1) is 0 Å². The summed E-state index contributed by atoms with van der Waals surface area (Å²) in [7, 11) is 0. The van der Waals surface area contributed by atoms with Crippen LogP contribution in [-0.4, -0.2) is 11.3 Å². The van der Waals surface area contributed by atoms with Crippen LogP contribution in [-0.2, 0) is 4.79 Å². The molecule has 0 heterocycles. The molecular weight excluding hydrogens is 128 g/mol. The topological polar surface area (TPSA) is 48.6 Å². The minimum atomic E-state index is 0. The average Bonchev–Trinajstić information content (AvgIpc) is 1.80. The van der Waals surface area contributed by atoms with Crippen LogP contribution >= 0.6 is 0 Å². The second kappa shape index (κ2) is 8.63. The van der Waals surface area contributed by atoms with Gasteiger partial charge in [-0.3, -0.25) is 0 Å². The summed E-state index contributed by atoms with van der Waals surface area (Å²) in [5.41, 5.74) is 0. The van der Waals surface area contributed by atoms with E-state index < -0.39 is 0 Å². The van der Waals surface area contributed by atoms with Crippen molar-refractivity contribution in [1.29, 1.82) is 0 Å². The molecule has 0 aromatic heterocycles. The minimum absolute atomic E-state index is 0. The molecule has 2 heteroatoms. The molecule has 0 aliphatic rings. The fourth-order valence-corrected chi connectivity index (χ4v) is 0.801. The summed E-state index contributed by atoms with van der Waals surface area (Å²) in [6.45, 7) is 3.83. The maximum atomic E-state index is 10.4. The summed E-state index contributed by atoms with van der Waals surface area (Å²) in [5, 5.41) is 0. The van der Waals surface area contributed by atoms with Gasteiger partial charge in [-0.05, 0) is 13.3 Å². The van der Waals surface area contributed by atoms with Crippen molar-refractivity contribution >= 4 is 5.78 Å².